The molecule has 1 aromatic heterocycles. The minimum Gasteiger partial charge on any atom is -0.320 e. The Labute approximate surface area is 114 Å². The van der Waals surface area contributed by atoms with Gasteiger partial charge in [-0.15, -0.1) is 0 Å². The largest absolute Gasteiger partial charge is 0.320 e. The van der Waals surface area contributed by atoms with E-state index >= 15 is 0 Å². The first-order valence-corrected chi connectivity index (χ1v) is 6.20. The Morgan fingerprint density at radius 1 is 0.950 bits per heavy atom. The van der Waals surface area contributed by atoms with Gasteiger partial charge in [0.2, 0.25) is 0 Å². The fourth-order valence-corrected chi connectivity index (χ4v) is 2.31. The molecule has 2 N–H and O–H groups in total. The van der Waals surface area contributed by atoms with E-state index in [1.807, 2.05) is 24.3 Å². The average molecular weight is 270 g/mol. The standard InChI is InChI=1S/C16H12F2N2/c17-11-5-6-13(15(18)7-11)16(19)14-9-20-8-10-3-1-2-4-12(10)14/h1-9,16H,19H2. The van der Waals surface area contributed by atoms with Crippen molar-refractivity contribution >= 4 is 10.8 Å². The molecule has 0 bridgehead atoms. The number of hydrogen-bond donors (Lipinski definition) is 1. The normalized spacial score (nSPS) is 12.6. The Hall–Kier alpha value is -2.33. The predicted molar refractivity (Wildman–Crippen MR) is 74.1 cm³/mol. The van der Waals surface area contributed by atoms with Gasteiger partial charge in [-0.25, -0.2) is 8.78 Å². The highest BCUT2D eigenvalue weighted by molar-refractivity contribution is 5.85. The second-order valence-electron chi connectivity index (χ2n) is 4.59. The van der Waals surface area contributed by atoms with E-state index in [9.17, 15) is 8.78 Å². The molecule has 1 atom stereocenters. The molecule has 20 heavy (non-hydrogen) atoms. The lowest BCUT2D eigenvalue weighted by atomic mass is 9.96. The van der Waals surface area contributed by atoms with Crippen LogP contribution in [-0.4, -0.2) is 4.98 Å². The van der Waals surface area contributed by atoms with Gasteiger partial charge in [0, 0.05) is 29.4 Å². The van der Waals surface area contributed by atoms with Crippen LogP contribution in [0.3, 0.4) is 0 Å². The van der Waals surface area contributed by atoms with Crippen LogP contribution in [0.5, 0.6) is 0 Å². The smallest absolute Gasteiger partial charge is 0.131 e. The summed E-state index contributed by atoms with van der Waals surface area (Å²) in [4.78, 5) is 4.13. The van der Waals surface area contributed by atoms with Crippen molar-refractivity contribution in [3.8, 4) is 0 Å². The highest BCUT2D eigenvalue weighted by atomic mass is 19.1. The molecule has 2 aromatic carbocycles. The van der Waals surface area contributed by atoms with E-state index in [1.165, 1.54) is 12.1 Å². The first-order valence-electron chi connectivity index (χ1n) is 6.20. The molecule has 3 aromatic rings. The molecule has 0 spiro atoms. The van der Waals surface area contributed by atoms with Crippen LogP contribution in [0, 0.1) is 11.6 Å². The summed E-state index contributed by atoms with van der Waals surface area (Å²) in [7, 11) is 0. The zero-order valence-corrected chi connectivity index (χ0v) is 10.6. The van der Waals surface area contributed by atoms with Crippen molar-refractivity contribution in [2.45, 2.75) is 6.04 Å². The van der Waals surface area contributed by atoms with Crippen molar-refractivity contribution in [2.24, 2.45) is 5.73 Å². The zero-order chi connectivity index (χ0) is 14.1. The Morgan fingerprint density at radius 3 is 2.55 bits per heavy atom. The number of halogens is 2. The third kappa shape index (κ3) is 2.14. The number of hydrogen-bond acceptors (Lipinski definition) is 2. The molecule has 4 heteroatoms. The molecule has 0 aliphatic carbocycles. The fraction of sp³-hybridized carbons (Fsp3) is 0.0625. The van der Waals surface area contributed by atoms with Crippen LogP contribution < -0.4 is 5.73 Å². The SMILES string of the molecule is NC(c1ccc(F)cc1F)c1cncc2ccccc12. The van der Waals surface area contributed by atoms with Crippen molar-refractivity contribution in [3.63, 3.8) is 0 Å². The van der Waals surface area contributed by atoms with Crippen molar-refractivity contribution < 1.29 is 8.78 Å². The Balaban J connectivity index is 2.15. The predicted octanol–water partition coefficient (Wildman–Crippen LogP) is 3.56. The summed E-state index contributed by atoms with van der Waals surface area (Å²) in [5.41, 5.74) is 7.10. The van der Waals surface area contributed by atoms with Crippen LogP contribution in [0.1, 0.15) is 17.2 Å². The molecule has 0 aliphatic rings. The van der Waals surface area contributed by atoms with Crippen LogP contribution >= 0.6 is 0 Å². The highest BCUT2D eigenvalue weighted by Crippen LogP contribution is 2.28. The third-order valence-electron chi connectivity index (χ3n) is 3.33. The zero-order valence-electron chi connectivity index (χ0n) is 10.6. The summed E-state index contributed by atoms with van der Waals surface area (Å²) in [6.45, 7) is 0. The fourth-order valence-electron chi connectivity index (χ4n) is 2.31. The molecule has 0 radical (unpaired) electrons. The minimum atomic E-state index is -0.686. The van der Waals surface area contributed by atoms with Crippen LogP contribution in [0.25, 0.3) is 10.8 Å². The molecule has 0 aliphatic heterocycles. The molecule has 1 heterocycles. The van der Waals surface area contributed by atoms with Gasteiger partial charge in [-0.1, -0.05) is 30.3 Å². The van der Waals surface area contributed by atoms with Gasteiger partial charge in [0.25, 0.3) is 0 Å². The van der Waals surface area contributed by atoms with Gasteiger partial charge in [0.1, 0.15) is 11.6 Å². The summed E-state index contributed by atoms with van der Waals surface area (Å²) in [6.07, 6.45) is 3.35. The molecule has 3 rings (SSSR count). The van der Waals surface area contributed by atoms with Crippen LogP contribution in [-0.2, 0) is 0 Å². The maximum atomic E-state index is 13.8. The van der Waals surface area contributed by atoms with E-state index in [-0.39, 0.29) is 5.56 Å². The van der Waals surface area contributed by atoms with E-state index in [0.29, 0.717) is 5.56 Å². The van der Waals surface area contributed by atoms with Crippen molar-refractivity contribution in [2.75, 3.05) is 0 Å². The second-order valence-corrected chi connectivity index (χ2v) is 4.59. The maximum absolute atomic E-state index is 13.8. The summed E-state index contributed by atoms with van der Waals surface area (Å²) >= 11 is 0. The average Bonchev–Trinajstić information content (AvgIpc) is 2.46. The van der Waals surface area contributed by atoms with Crippen LogP contribution in [0.4, 0.5) is 8.78 Å². The van der Waals surface area contributed by atoms with E-state index in [4.69, 9.17) is 5.73 Å². The van der Waals surface area contributed by atoms with E-state index in [2.05, 4.69) is 4.98 Å². The molecule has 0 fully saturated rings. The number of aromatic nitrogens is 1. The number of benzene rings is 2. The number of nitrogens with two attached hydrogens (primary N) is 1. The molecule has 0 amide bonds. The van der Waals surface area contributed by atoms with Gasteiger partial charge in [-0.2, -0.15) is 0 Å². The molecular weight excluding hydrogens is 258 g/mol. The first-order chi connectivity index (χ1) is 9.66. The molecule has 2 nitrogen and oxygen atoms in total. The summed E-state index contributed by atoms with van der Waals surface area (Å²) in [5, 5.41) is 1.85. The van der Waals surface area contributed by atoms with Crippen molar-refractivity contribution in [1.29, 1.82) is 0 Å². The number of pyridine rings is 1. The quantitative estimate of drug-likeness (QED) is 0.773. The highest BCUT2D eigenvalue weighted by Gasteiger charge is 2.16. The topological polar surface area (TPSA) is 38.9 Å². The number of rotatable bonds is 2. The number of nitrogens with zero attached hydrogens (tertiary/aromatic N) is 1. The second kappa shape index (κ2) is 4.98. The molecule has 1 unspecified atom stereocenters. The third-order valence-corrected chi connectivity index (χ3v) is 3.33. The molecule has 100 valence electrons. The molecule has 0 saturated carbocycles. The maximum Gasteiger partial charge on any atom is 0.131 e. The first kappa shape index (κ1) is 12.7. The lowest BCUT2D eigenvalue weighted by molar-refractivity contribution is 0.566. The molecular formula is C16H12F2N2. The van der Waals surface area contributed by atoms with Gasteiger partial charge in [0.05, 0.1) is 6.04 Å². The van der Waals surface area contributed by atoms with Crippen molar-refractivity contribution in [1.82, 2.24) is 4.98 Å². The summed E-state index contributed by atoms with van der Waals surface area (Å²) < 4.78 is 26.8. The minimum absolute atomic E-state index is 0.254. The Morgan fingerprint density at radius 2 is 1.75 bits per heavy atom. The van der Waals surface area contributed by atoms with Crippen LogP contribution in [0.15, 0.2) is 54.9 Å². The van der Waals surface area contributed by atoms with Gasteiger partial charge in [-0.05, 0) is 17.0 Å². The lowest BCUT2D eigenvalue weighted by Gasteiger charge is -2.15. The monoisotopic (exact) mass is 270 g/mol. The van der Waals surface area contributed by atoms with Crippen LogP contribution in [0.2, 0.25) is 0 Å². The molecule has 0 saturated heterocycles. The lowest BCUT2D eigenvalue weighted by Crippen LogP contribution is -2.14. The van der Waals surface area contributed by atoms with Gasteiger partial charge in [0.15, 0.2) is 0 Å². The van der Waals surface area contributed by atoms with Gasteiger partial charge in [-0.3, -0.25) is 4.98 Å². The summed E-state index contributed by atoms with van der Waals surface area (Å²) in [5.74, 6) is -1.26. The van der Waals surface area contributed by atoms with Gasteiger partial charge >= 0.3 is 0 Å². The number of fused-ring (bicyclic) bond motifs is 1. The Bertz CT molecular complexity index is 766. The van der Waals surface area contributed by atoms with Gasteiger partial charge < -0.3 is 5.73 Å². The Kier molecular flexibility index (Phi) is 3.16. The van der Waals surface area contributed by atoms with Crippen molar-refractivity contribution in [3.05, 3.63) is 77.6 Å². The van der Waals surface area contributed by atoms with E-state index in [0.717, 1.165) is 16.8 Å². The summed E-state index contributed by atoms with van der Waals surface area (Å²) in [6, 6.07) is 10.3. The van der Waals surface area contributed by atoms with E-state index in [1.54, 1.807) is 12.4 Å². The van der Waals surface area contributed by atoms with E-state index < -0.39 is 17.7 Å².